The van der Waals surface area contributed by atoms with Gasteiger partial charge < -0.3 is 28.7 Å². The van der Waals surface area contributed by atoms with Crippen molar-refractivity contribution in [1.29, 1.82) is 0 Å². The molecule has 1 saturated heterocycles. The molecule has 0 aliphatic carbocycles. The summed E-state index contributed by atoms with van der Waals surface area (Å²) in [6.45, 7) is 9.62. The van der Waals surface area contributed by atoms with Gasteiger partial charge in [0.05, 0.1) is 16.7 Å². The van der Waals surface area contributed by atoms with Crippen LogP contribution in [0.5, 0.6) is 23.0 Å². The van der Waals surface area contributed by atoms with E-state index >= 15 is 0 Å². The number of anilines is 1. The zero-order valence-electron chi connectivity index (χ0n) is 35.2. The van der Waals surface area contributed by atoms with Crippen LogP contribution in [0.25, 0.3) is 0 Å². The third-order valence-electron chi connectivity index (χ3n) is 10.1. The molecule has 1 aliphatic rings. The number of aryl methyl sites for hydroxylation is 2. The Morgan fingerprint density at radius 1 is 0.483 bits per heavy atom. The zero-order valence-corrected chi connectivity index (χ0v) is 35.2. The lowest BCUT2D eigenvalue weighted by Gasteiger charge is -2.34. The van der Waals surface area contributed by atoms with Gasteiger partial charge in [0.15, 0.2) is 0 Å². The lowest BCUT2D eigenvalue weighted by atomic mass is 10.0. The Kier molecular flexibility index (Phi) is 17.5. The van der Waals surface area contributed by atoms with E-state index in [1.54, 1.807) is 12.1 Å². The van der Waals surface area contributed by atoms with E-state index in [0.29, 0.717) is 17.1 Å². The maximum Gasteiger partial charge on any atom is 0.343 e. The molecule has 1 aliphatic heterocycles. The standard InChI is InChI=1S/C34H30N2O8.C16H26/c1-23(37)41-28-11-3-24(4-12-28)32(38)42-29-13-5-25(6-14-29)33(39)43-30-15-7-26(8-16-30)34(40)44-31-17-9-27(10-18-31)36-21-19-35(2)20-22-36;1-3-4-5-6-7-8-9-10-16-13-11-15(2)12-14-16/h3-18H,19-22H2,1-2H3;11-14H,3-10H2,1-2H3. The number of ether oxygens (including phenoxy) is 4. The van der Waals surface area contributed by atoms with Gasteiger partial charge in [-0.3, -0.25) is 4.79 Å². The minimum absolute atomic E-state index is 0.229. The summed E-state index contributed by atoms with van der Waals surface area (Å²) >= 11 is 0. The summed E-state index contributed by atoms with van der Waals surface area (Å²) < 4.78 is 21.2. The third kappa shape index (κ3) is 14.8. The van der Waals surface area contributed by atoms with Gasteiger partial charge in [0.25, 0.3) is 0 Å². The summed E-state index contributed by atoms with van der Waals surface area (Å²) in [6.07, 6.45) is 11.1. The van der Waals surface area contributed by atoms with E-state index in [0.717, 1.165) is 31.9 Å². The van der Waals surface area contributed by atoms with Crippen molar-refractivity contribution in [2.75, 3.05) is 38.1 Å². The number of carbonyl (C=O) groups excluding carboxylic acids is 4. The topological polar surface area (TPSA) is 112 Å². The molecular formula is C50H56N2O8. The Balaban J connectivity index is 0.000000359. The van der Waals surface area contributed by atoms with Crippen LogP contribution in [-0.2, 0) is 11.2 Å². The normalized spacial score (nSPS) is 12.4. The molecule has 0 unspecified atom stereocenters. The third-order valence-corrected chi connectivity index (χ3v) is 10.1. The predicted octanol–water partition coefficient (Wildman–Crippen LogP) is 10.3. The monoisotopic (exact) mass is 812 g/mol. The highest BCUT2D eigenvalue weighted by molar-refractivity contribution is 5.93. The molecule has 5 aromatic carbocycles. The maximum absolute atomic E-state index is 12.6. The van der Waals surface area contributed by atoms with E-state index in [2.05, 4.69) is 55.0 Å². The van der Waals surface area contributed by atoms with Crippen LogP contribution >= 0.6 is 0 Å². The molecule has 6 rings (SSSR count). The molecular weight excluding hydrogens is 757 g/mol. The molecule has 0 spiro atoms. The Bertz CT molecular complexity index is 2110. The van der Waals surface area contributed by atoms with Crippen LogP contribution in [0.4, 0.5) is 5.69 Å². The van der Waals surface area contributed by atoms with Crippen LogP contribution in [-0.4, -0.2) is 62.0 Å². The van der Waals surface area contributed by atoms with Crippen molar-refractivity contribution < 1.29 is 38.1 Å². The molecule has 0 N–H and O–H groups in total. The molecule has 5 aromatic rings. The maximum atomic E-state index is 12.6. The van der Waals surface area contributed by atoms with Crippen molar-refractivity contribution in [2.45, 2.75) is 72.1 Å². The number of benzene rings is 5. The van der Waals surface area contributed by atoms with Gasteiger partial charge in [-0.15, -0.1) is 0 Å². The molecule has 314 valence electrons. The van der Waals surface area contributed by atoms with E-state index in [1.807, 2.05) is 12.1 Å². The second-order valence-electron chi connectivity index (χ2n) is 15.0. The lowest BCUT2D eigenvalue weighted by molar-refractivity contribution is -0.131. The van der Waals surface area contributed by atoms with E-state index < -0.39 is 23.9 Å². The average Bonchev–Trinajstić information content (AvgIpc) is 3.25. The highest BCUT2D eigenvalue weighted by atomic mass is 16.5. The second kappa shape index (κ2) is 23.4. The van der Waals surface area contributed by atoms with Crippen molar-refractivity contribution in [3.05, 3.63) is 149 Å². The van der Waals surface area contributed by atoms with E-state index in [9.17, 15) is 19.2 Å². The first-order valence-corrected chi connectivity index (χ1v) is 20.8. The Hall–Kier alpha value is -6.26. The fourth-order valence-electron chi connectivity index (χ4n) is 6.47. The molecule has 0 aromatic heterocycles. The van der Waals surface area contributed by atoms with Crippen LogP contribution in [0.3, 0.4) is 0 Å². The number of piperazine rings is 1. The van der Waals surface area contributed by atoms with Gasteiger partial charge in [0.1, 0.15) is 23.0 Å². The summed E-state index contributed by atoms with van der Waals surface area (Å²) in [4.78, 5) is 53.3. The smallest absolute Gasteiger partial charge is 0.343 e. The van der Waals surface area contributed by atoms with Crippen LogP contribution in [0.1, 0.15) is 101 Å². The Morgan fingerprint density at radius 2 is 0.867 bits per heavy atom. The van der Waals surface area contributed by atoms with Crippen LogP contribution in [0, 0.1) is 6.92 Å². The van der Waals surface area contributed by atoms with Gasteiger partial charge in [-0.1, -0.05) is 75.3 Å². The van der Waals surface area contributed by atoms with Crippen LogP contribution in [0.2, 0.25) is 0 Å². The molecule has 10 nitrogen and oxygen atoms in total. The summed E-state index contributed by atoms with van der Waals surface area (Å²) in [7, 11) is 2.11. The summed E-state index contributed by atoms with van der Waals surface area (Å²) in [5.74, 6) is -1.00. The minimum atomic E-state index is -0.625. The summed E-state index contributed by atoms with van der Waals surface area (Å²) in [5.41, 5.74) is 4.75. The second-order valence-corrected chi connectivity index (χ2v) is 15.0. The number of likely N-dealkylation sites (N-methyl/N-ethyl adjacent to an activating group) is 1. The van der Waals surface area contributed by atoms with Crippen molar-refractivity contribution in [3.63, 3.8) is 0 Å². The minimum Gasteiger partial charge on any atom is -0.427 e. The number of unbranched alkanes of at least 4 members (excludes halogenated alkanes) is 6. The molecule has 0 saturated carbocycles. The van der Waals surface area contributed by atoms with Crippen molar-refractivity contribution in [3.8, 4) is 23.0 Å². The molecule has 0 bridgehead atoms. The first-order valence-electron chi connectivity index (χ1n) is 20.8. The number of carbonyl (C=O) groups is 4. The highest BCUT2D eigenvalue weighted by Gasteiger charge is 2.16. The molecule has 0 radical (unpaired) electrons. The SMILES string of the molecule is CC(=O)Oc1ccc(C(=O)Oc2ccc(C(=O)Oc3ccc(C(=O)Oc4ccc(N5CCN(C)CC5)cc4)cc3)cc2)cc1.CCCCCCCCCc1ccc(C)cc1. The van der Waals surface area contributed by atoms with Gasteiger partial charge in [-0.2, -0.15) is 0 Å². The van der Waals surface area contributed by atoms with Crippen molar-refractivity contribution in [2.24, 2.45) is 0 Å². The largest absolute Gasteiger partial charge is 0.427 e. The number of nitrogens with zero attached hydrogens (tertiary/aromatic N) is 2. The lowest BCUT2D eigenvalue weighted by Crippen LogP contribution is -2.44. The van der Waals surface area contributed by atoms with Gasteiger partial charge in [0, 0.05) is 38.8 Å². The summed E-state index contributed by atoms with van der Waals surface area (Å²) in [6, 6.07) is 34.3. The number of esters is 4. The number of hydrogen-bond acceptors (Lipinski definition) is 10. The first kappa shape index (κ1) is 44.8. The van der Waals surface area contributed by atoms with E-state index in [-0.39, 0.29) is 22.6 Å². The van der Waals surface area contributed by atoms with Crippen molar-refractivity contribution in [1.82, 2.24) is 4.90 Å². The molecule has 0 amide bonds. The van der Waals surface area contributed by atoms with Gasteiger partial charge in [-0.25, -0.2) is 14.4 Å². The summed E-state index contributed by atoms with van der Waals surface area (Å²) in [5, 5.41) is 0. The fraction of sp³-hybridized carbons (Fsp3) is 0.320. The Morgan fingerprint density at radius 3 is 1.28 bits per heavy atom. The fourth-order valence-corrected chi connectivity index (χ4v) is 6.47. The van der Waals surface area contributed by atoms with Crippen molar-refractivity contribution >= 4 is 29.6 Å². The Labute approximate surface area is 354 Å². The van der Waals surface area contributed by atoms with Gasteiger partial charge in [0.2, 0.25) is 0 Å². The molecule has 1 fully saturated rings. The first-order chi connectivity index (χ1) is 29.1. The number of hydrogen-bond donors (Lipinski definition) is 0. The van der Waals surface area contributed by atoms with E-state index in [4.69, 9.17) is 18.9 Å². The molecule has 0 atom stereocenters. The number of rotatable bonds is 16. The van der Waals surface area contributed by atoms with Gasteiger partial charge >= 0.3 is 23.9 Å². The zero-order chi connectivity index (χ0) is 42.7. The predicted molar refractivity (Wildman–Crippen MR) is 235 cm³/mol. The highest BCUT2D eigenvalue weighted by Crippen LogP contribution is 2.23. The van der Waals surface area contributed by atoms with Crippen LogP contribution in [0.15, 0.2) is 121 Å². The quantitative estimate of drug-likeness (QED) is 0.0542. The molecule has 1 heterocycles. The molecule has 10 heteroatoms. The van der Waals surface area contributed by atoms with Gasteiger partial charge in [-0.05, 0) is 129 Å². The van der Waals surface area contributed by atoms with Crippen LogP contribution < -0.4 is 23.8 Å². The average molecular weight is 813 g/mol. The molecule has 60 heavy (non-hydrogen) atoms. The van der Waals surface area contributed by atoms with E-state index in [1.165, 1.54) is 142 Å².